The number of rotatable bonds is 2. The lowest BCUT2D eigenvalue weighted by Crippen LogP contribution is -2.11. The highest BCUT2D eigenvalue weighted by Crippen LogP contribution is 2.37. The molecule has 158 valence electrons. The van der Waals surface area contributed by atoms with Crippen molar-refractivity contribution in [3.05, 3.63) is 115 Å². The van der Waals surface area contributed by atoms with E-state index in [0.717, 1.165) is 27.9 Å². The van der Waals surface area contributed by atoms with Gasteiger partial charge in [-0.2, -0.15) is 0 Å². The van der Waals surface area contributed by atoms with Crippen molar-refractivity contribution in [2.45, 2.75) is 6.92 Å². The average molecular weight is 432 g/mol. The molecule has 0 spiro atoms. The Morgan fingerprint density at radius 1 is 0.529 bits per heavy atom. The smallest absolute Gasteiger partial charge is 0.116 e. The molecule has 34 heavy (non-hydrogen) atoms. The molecule has 2 nitrogen and oxygen atoms in total. The zero-order valence-electron chi connectivity index (χ0n) is 18.9. The van der Waals surface area contributed by atoms with Crippen LogP contribution in [0.3, 0.4) is 0 Å². The summed E-state index contributed by atoms with van der Waals surface area (Å²) in [7, 11) is 6.47. The summed E-state index contributed by atoms with van der Waals surface area (Å²) in [6.07, 6.45) is 0. The SMILES string of the molecule is [B]c1ccccc1-n1c2ccccc2c2ccc(-n3c4ccccc4c4cccc(C)c43)cc21. The first-order valence-electron chi connectivity index (χ1n) is 11.6. The van der Waals surface area contributed by atoms with Gasteiger partial charge in [0.1, 0.15) is 7.85 Å². The van der Waals surface area contributed by atoms with Crippen molar-refractivity contribution < 1.29 is 0 Å². The first kappa shape index (κ1) is 19.3. The van der Waals surface area contributed by atoms with Crippen molar-refractivity contribution in [2.24, 2.45) is 0 Å². The van der Waals surface area contributed by atoms with E-state index in [9.17, 15) is 0 Å². The molecule has 5 aromatic carbocycles. The fraction of sp³-hybridized carbons (Fsp3) is 0.0323. The molecule has 0 fully saturated rings. The molecule has 0 saturated heterocycles. The number of nitrogens with zero attached hydrogens (tertiary/aromatic N) is 2. The Labute approximate surface area is 199 Å². The number of aryl methyl sites for hydroxylation is 1. The highest BCUT2D eigenvalue weighted by Gasteiger charge is 2.17. The van der Waals surface area contributed by atoms with Gasteiger partial charge in [-0.15, -0.1) is 0 Å². The number of hydrogen-bond acceptors (Lipinski definition) is 0. The minimum Gasteiger partial charge on any atom is -0.310 e. The van der Waals surface area contributed by atoms with Crippen LogP contribution in [0.25, 0.3) is 55.0 Å². The second-order valence-corrected chi connectivity index (χ2v) is 8.94. The van der Waals surface area contributed by atoms with Crippen LogP contribution in [0.4, 0.5) is 0 Å². The van der Waals surface area contributed by atoms with Gasteiger partial charge in [0, 0.05) is 32.9 Å². The van der Waals surface area contributed by atoms with Crippen molar-refractivity contribution in [3.8, 4) is 11.4 Å². The van der Waals surface area contributed by atoms with E-state index in [1.807, 2.05) is 18.2 Å². The maximum Gasteiger partial charge on any atom is 0.116 e. The van der Waals surface area contributed by atoms with Gasteiger partial charge in [0.15, 0.2) is 0 Å². The quantitative estimate of drug-likeness (QED) is 0.261. The van der Waals surface area contributed by atoms with Crippen LogP contribution in [0, 0.1) is 6.92 Å². The van der Waals surface area contributed by atoms with Gasteiger partial charge in [-0.25, -0.2) is 0 Å². The summed E-state index contributed by atoms with van der Waals surface area (Å²) in [5.41, 5.74) is 8.96. The minimum atomic E-state index is 0.767. The summed E-state index contributed by atoms with van der Waals surface area (Å²) in [6.45, 7) is 2.19. The number of para-hydroxylation sites is 4. The van der Waals surface area contributed by atoms with Crippen molar-refractivity contribution in [1.82, 2.24) is 9.13 Å². The summed E-state index contributed by atoms with van der Waals surface area (Å²) in [5, 5.41) is 5.00. The average Bonchev–Trinajstić information content (AvgIpc) is 3.38. The molecule has 0 aliphatic carbocycles. The van der Waals surface area contributed by atoms with E-state index in [0.29, 0.717) is 0 Å². The molecule has 0 N–H and O–H groups in total. The van der Waals surface area contributed by atoms with E-state index in [1.165, 1.54) is 38.1 Å². The van der Waals surface area contributed by atoms with Gasteiger partial charge >= 0.3 is 0 Å². The van der Waals surface area contributed by atoms with Crippen LogP contribution in [0.5, 0.6) is 0 Å². The highest BCUT2D eigenvalue weighted by atomic mass is 15.0. The normalized spacial score (nSPS) is 11.8. The highest BCUT2D eigenvalue weighted by molar-refractivity contribution is 6.35. The van der Waals surface area contributed by atoms with E-state index in [2.05, 4.69) is 107 Å². The lowest BCUT2D eigenvalue weighted by atomic mass is 9.94. The second-order valence-electron chi connectivity index (χ2n) is 8.94. The maximum absolute atomic E-state index is 6.47. The third kappa shape index (κ3) is 2.58. The lowest BCUT2D eigenvalue weighted by molar-refractivity contribution is 1.15. The van der Waals surface area contributed by atoms with E-state index >= 15 is 0 Å². The molecule has 0 aliphatic heterocycles. The number of hydrogen-bond donors (Lipinski definition) is 0. The Kier molecular flexibility index (Phi) is 4.04. The summed E-state index contributed by atoms with van der Waals surface area (Å²) in [6, 6.07) is 38.7. The molecule has 0 atom stereocenters. The van der Waals surface area contributed by atoms with Gasteiger partial charge in [-0.1, -0.05) is 84.3 Å². The zero-order chi connectivity index (χ0) is 22.8. The Morgan fingerprint density at radius 2 is 1.15 bits per heavy atom. The van der Waals surface area contributed by atoms with Crippen LogP contribution in [0.1, 0.15) is 5.56 Å². The topological polar surface area (TPSA) is 9.86 Å². The summed E-state index contributed by atoms with van der Waals surface area (Å²) >= 11 is 0. The van der Waals surface area contributed by atoms with E-state index < -0.39 is 0 Å². The molecule has 7 aromatic rings. The molecule has 0 aliphatic rings. The van der Waals surface area contributed by atoms with Gasteiger partial charge in [0.25, 0.3) is 0 Å². The molecule has 0 amide bonds. The van der Waals surface area contributed by atoms with Crippen molar-refractivity contribution in [1.29, 1.82) is 0 Å². The summed E-state index contributed by atoms with van der Waals surface area (Å²) in [5.74, 6) is 0. The summed E-state index contributed by atoms with van der Waals surface area (Å²) in [4.78, 5) is 0. The predicted molar refractivity (Wildman–Crippen MR) is 145 cm³/mol. The molecular formula is C31H21BN2. The van der Waals surface area contributed by atoms with Gasteiger partial charge in [0.2, 0.25) is 0 Å². The molecule has 0 bridgehead atoms. The molecular weight excluding hydrogens is 411 g/mol. The summed E-state index contributed by atoms with van der Waals surface area (Å²) < 4.78 is 4.69. The largest absolute Gasteiger partial charge is 0.310 e. The number of fused-ring (bicyclic) bond motifs is 6. The predicted octanol–water partition coefficient (Wildman–Crippen LogP) is 6.98. The first-order valence-corrected chi connectivity index (χ1v) is 11.6. The molecule has 0 saturated carbocycles. The number of aromatic nitrogens is 2. The second kappa shape index (κ2) is 7.13. The lowest BCUT2D eigenvalue weighted by Gasteiger charge is -2.13. The van der Waals surface area contributed by atoms with Crippen LogP contribution in [-0.4, -0.2) is 17.0 Å². The van der Waals surface area contributed by atoms with E-state index in [-0.39, 0.29) is 0 Å². The van der Waals surface area contributed by atoms with Gasteiger partial charge in [0.05, 0.1) is 22.1 Å². The Balaban J connectivity index is 1.64. The monoisotopic (exact) mass is 432 g/mol. The van der Waals surface area contributed by atoms with Crippen molar-refractivity contribution >= 4 is 56.9 Å². The maximum atomic E-state index is 6.47. The first-order chi connectivity index (χ1) is 16.7. The molecule has 3 heteroatoms. The fourth-order valence-corrected chi connectivity index (χ4v) is 5.51. The van der Waals surface area contributed by atoms with Crippen LogP contribution in [0.15, 0.2) is 109 Å². The van der Waals surface area contributed by atoms with E-state index in [4.69, 9.17) is 7.85 Å². The Morgan fingerprint density at radius 3 is 1.94 bits per heavy atom. The van der Waals surface area contributed by atoms with Gasteiger partial charge in [-0.05, 0) is 42.8 Å². The van der Waals surface area contributed by atoms with Crippen molar-refractivity contribution in [2.75, 3.05) is 0 Å². The third-order valence-electron chi connectivity index (χ3n) is 6.99. The molecule has 2 radical (unpaired) electrons. The minimum absolute atomic E-state index is 0.767. The van der Waals surface area contributed by atoms with E-state index in [1.54, 1.807) is 0 Å². The number of benzene rings is 5. The van der Waals surface area contributed by atoms with Crippen LogP contribution >= 0.6 is 0 Å². The van der Waals surface area contributed by atoms with Crippen molar-refractivity contribution in [3.63, 3.8) is 0 Å². The van der Waals surface area contributed by atoms with Gasteiger partial charge < -0.3 is 9.13 Å². The van der Waals surface area contributed by atoms with Crippen LogP contribution in [0.2, 0.25) is 0 Å². The molecule has 0 unspecified atom stereocenters. The van der Waals surface area contributed by atoms with Crippen LogP contribution in [-0.2, 0) is 0 Å². The third-order valence-corrected chi connectivity index (χ3v) is 6.99. The van der Waals surface area contributed by atoms with Gasteiger partial charge in [-0.3, -0.25) is 0 Å². The van der Waals surface area contributed by atoms with Crippen LogP contribution < -0.4 is 5.46 Å². The molecule has 2 heterocycles. The Bertz CT molecular complexity index is 1890. The molecule has 7 rings (SSSR count). The standard InChI is InChI=1S/C31H21BN2/c1-20-9-8-12-25-23-11-3-5-14-27(23)33(31(20)25)21-17-18-24-22-10-2-6-15-28(22)34(30(24)19-21)29-16-7-4-13-26(29)32/h2-19H,1H3. The zero-order valence-corrected chi connectivity index (χ0v) is 18.9. The molecule has 2 aromatic heterocycles. The fourth-order valence-electron chi connectivity index (χ4n) is 5.51. The Hall–Kier alpha value is -4.24.